The maximum Gasteiger partial charge on any atom is 0.338 e. The molecule has 0 aromatic rings. The molecule has 3 fully saturated rings. The van der Waals surface area contributed by atoms with Crippen LogP contribution in [0.25, 0.3) is 0 Å². The lowest BCUT2D eigenvalue weighted by Gasteiger charge is -2.38. The number of nitrogens with one attached hydrogen (secondary N) is 2. The van der Waals surface area contributed by atoms with E-state index < -0.39 is 0 Å². The Morgan fingerprint density at radius 1 is 1.00 bits per heavy atom. The fourth-order valence-corrected chi connectivity index (χ4v) is 5.12. The quantitative estimate of drug-likeness (QED) is 0.721. The molecule has 1 saturated heterocycles. The zero-order chi connectivity index (χ0) is 19.5. The van der Waals surface area contributed by atoms with E-state index in [2.05, 4.69) is 10.6 Å². The first-order chi connectivity index (χ1) is 13.6. The van der Waals surface area contributed by atoms with Crippen molar-refractivity contribution < 1.29 is 23.8 Å². The standard InChI is InChI=1S/C21H32N2O5/c1-13-18(20(24)28-15-7-5-3-2-4-6-8-15)19(23-21(25)22-13)14-9-10-16-17(11-14)27-12-26-16/h14-17,19H,2-12H2,1H3,(H2,22,23,25). The largest absolute Gasteiger partial charge is 0.459 e. The monoisotopic (exact) mass is 392 g/mol. The SMILES string of the molecule is CC1=C(C(=O)OC2CCCCCCC2)C(C2CCC3OCOC3C2)NC(=O)N1. The lowest BCUT2D eigenvalue weighted by Crippen LogP contribution is -2.54. The Labute approximate surface area is 166 Å². The van der Waals surface area contributed by atoms with Gasteiger partial charge in [-0.25, -0.2) is 9.59 Å². The number of carbonyl (C=O) groups excluding carboxylic acids is 2. The molecule has 28 heavy (non-hydrogen) atoms. The van der Waals surface area contributed by atoms with E-state index >= 15 is 0 Å². The Bertz CT molecular complexity index is 626. The van der Waals surface area contributed by atoms with Gasteiger partial charge in [0.1, 0.15) is 12.9 Å². The number of allylic oxidation sites excluding steroid dienone is 1. The fourth-order valence-electron chi connectivity index (χ4n) is 5.12. The number of urea groups is 1. The molecule has 4 unspecified atom stereocenters. The first-order valence-electron chi connectivity index (χ1n) is 10.8. The third kappa shape index (κ3) is 4.35. The lowest BCUT2D eigenvalue weighted by molar-refractivity contribution is -0.146. The first-order valence-corrected chi connectivity index (χ1v) is 10.8. The molecule has 4 aliphatic rings. The Morgan fingerprint density at radius 2 is 1.71 bits per heavy atom. The summed E-state index contributed by atoms with van der Waals surface area (Å²) in [4.78, 5) is 25.3. The van der Waals surface area contributed by atoms with Crippen LogP contribution in [0.5, 0.6) is 0 Å². The molecule has 2 heterocycles. The van der Waals surface area contributed by atoms with Crippen molar-refractivity contribution >= 4 is 12.0 Å². The van der Waals surface area contributed by atoms with Crippen molar-refractivity contribution in [2.45, 2.75) is 95.5 Å². The molecule has 2 N–H and O–H groups in total. The zero-order valence-electron chi connectivity index (χ0n) is 16.7. The van der Waals surface area contributed by atoms with E-state index in [1.54, 1.807) is 6.92 Å². The van der Waals surface area contributed by atoms with E-state index in [4.69, 9.17) is 14.2 Å². The second-order valence-corrected chi connectivity index (χ2v) is 8.59. The molecule has 0 radical (unpaired) electrons. The number of hydrogen-bond acceptors (Lipinski definition) is 5. The lowest BCUT2D eigenvalue weighted by atomic mass is 9.77. The number of hydrogen-bond donors (Lipinski definition) is 2. The molecule has 2 aliphatic heterocycles. The van der Waals surface area contributed by atoms with E-state index in [9.17, 15) is 9.59 Å². The smallest absolute Gasteiger partial charge is 0.338 e. The van der Waals surface area contributed by atoms with Gasteiger partial charge in [-0.2, -0.15) is 0 Å². The third-order valence-electron chi connectivity index (χ3n) is 6.66. The number of fused-ring (bicyclic) bond motifs is 1. The average Bonchev–Trinajstić information content (AvgIpc) is 3.10. The van der Waals surface area contributed by atoms with E-state index in [1.165, 1.54) is 19.3 Å². The molecule has 0 aromatic heterocycles. The van der Waals surface area contributed by atoms with Gasteiger partial charge >= 0.3 is 12.0 Å². The van der Waals surface area contributed by atoms with Crippen LogP contribution in [0.4, 0.5) is 4.79 Å². The van der Waals surface area contributed by atoms with Crippen LogP contribution in [0, 0.1) is 5.92 Å². The van der Waals surface area contributed by atoms with Crippen molar-refractivity contribution in [3.05, 3.63) is 11.3 Å². The summed E-state index contributed by atoms with van der Waals surface area (Å²) in [6, 6.07) is -0.587. The van der Waals surface area contributed by atoms with Crippen LogP contribution in [0.3, 0.4) is 0 Å². The van der Waals surface area contributed by atoms with Crippen molar-refractivity contribution in [1.82, 2.24) is 10.6 Å². The summed E-state index contributed by atoms with van der Waals surface area (Å²) in [5.41, 5.74) is 1.18. The summed E-state index contributed by atoms with van der Waals surface area (Å²) in [5.74, 6) is -0.143. The molecule has 2 amide bonds. The molecule has 156 valence electrons. The van der Waals surface area contributed by atoms with Crippen molar-refractivity contribution in [3.63, 3.8) is 0 Å². The van der Waals surface area contributed by atoms with Gasteiger partial charge in [0.15, 0.2) is 0 Å². The highest BCUT2D eigenvalue weighted by molar-refractivity contribution is 5.94. The minimum atomic E-state index is -0.333. The molecule has 7 heteroatoms. The summed E-state index contributed by atoms with van der Waals surface area (Å²) in [6.45, 7) is 2.13. The highest BCUT2D eigenvalue weighted by atomic mass is 16.7. The number of esters is 1. The molecule has 0 bridgehead atoms. The van der Waals surface area contributed by atoms with Gasteiger partial charge in [-0.1, -0.05) is 19.3 Å². The molecular formula is C21H32N2O5. The minimum absolute atomic E-state index is 0.0197. The van der Waals surface area contributed by atoms with Gasteiger partial charge < -0.3 is 24.8 Å². The molecular weight excluding hydrogens is 360 g/mol. The topological polar surface area (TPSA) is 85.9 Å². The molecule has 0 spiro atoms. The van der Waals surface area contributed by atoms with Crippen molar-refractivity contribution in [2.24, 2.45) is 5.92 Å². The number of rotatable bonds is 3. The second-order valence-electron chi connectivity index (χ2n) is 8.59. The maximum atomic E-state index is 13.1. The van der Waals surface area contributed by atoms with Crippen LogP contribution in [-0.2, 0) is 19.0 Å². The van der Waals surface area contributed by atoms with Crippen molar-refractivity contribution in [3.8, 4) is 0 Å². The third-order valence-corrected chi connectivity index (χ3v) is 6.66. The first kappa shape index (κ1) is 19.7. The van der Waals surface area contributed by atoms with Gasteiger partial charge in [-0.05, 0) is 57.8 Å². The predicted octanol–water partition coefficient (Wildman–Crippen LogP) is 3.14. The normalized spacial score (nSPS) is 34.7. The highest BCUT2D eigenvalue weighted by Crippen LogP contribution is 2.37. The summed E-state index contributed by atoms with van der Waals surface area (Å²) < 4.78 is 17.2. The Balaban J connectivity index is 1.47. The van der Waals surface area contributed by atoms with Crippen molar-refractivity contribution in [2.75, 3.05) is 6.79 Å². The number of carbonyl (C=O) groups is 2. The van der Waals surface area contributed by atoms with Gasteiger partial charge in [0.05, 0.1) is 23.8 Å². The van der Waals surface area contributed by atoms with Crippen LogP contribution < -0.4 is 10.6 Å². The highest BCUT2D eigenvalue weighted by Gasteiger charge is 2.43. The predicted molar refractivity (Wildman–Crippen MR) is 102 cm³/mol. The molecule has 2 saturated carbocycles. The van der Waals surface area contributed by atoms with E-state index in [0.29, 0.717) is 18.1 Å². The van der Waals surface area contributed by atoms with Gasteiger partial charge in [0.25, 0.3) is 0 Å². The Kier molecular flexibility index (Phi) is 6.21. The Morgan fingerprint density at radius 3 is 2.50 bits per heavy atom. The van der Waals surface area contributed by atoms with Crippen LogP contribution in [0.2, 0.25) is 0 Å². The number of ether oxygens (including phenoxy) is 3. The molecule has 4 rings (SSSR count). The summed E-state index contributed by atoms with van der Waals surface area (Å²) in [5, 5.41) is 5.74. The minimum Gasteiger partial charge on any atom is -0.459 e. The van der Waals surface area contributed by atoms with E-state index in [1.807, 2.05) is 0 Å². The number of amides is 2. The fraction of sp³-hybridized carbons (Fsp3) is 0.810. The average molecular weight is 392 g/mol. The van der Waals surface area contributed by atoms with Crippen LogP contribution in [0.15, 0.2) is 11.3 Å². The molecule has 4 atom stereocenters. The summed E-state index contributed by atoms with van der Waals surface area (Å²) in [6.07, 6.45) is 10.5. The molecule has 0 aromatic carbocycles. The van der Waals surface area contributed by atoms with E-state index in [0.717, 1.165) is 44.9 Å². The Hall–Kier alpha value is -1.60. The van der Waals surface area contributed by atoms with Gasteiger partial charge in [0.2, 0.25) is 0 Å². The molecule has 7 nitrogen and oxygen atoms in total. The van der Waals surface area contributed by atoms with Gasteiger partial charge in [-0.15, -0.1) is 0 Å². The van der Waals surface area contributed by atoms with E-state index in [-0.39, 0.29) is 42.3 Å². The van der Waals surface area contributed by atoms with Gasteiger partial charge in [-0.3, -0.25) is 0 Å². The van der Waals surface area contributed by atoms with Crippen LogP contribution >= 0.6 is 0 Å². The summed E-state index contributed by atoms with van der Waals surface area (Å²) in [7, 11) is 0. The zero-order valence-corrected chi connectivity index (χ0v) is 16.7. The van der Waals surface area contributed by atoms with Crippen LogP contribution in [-0.4, -0.2) is 43.1 Å². The molecule has 2 aliphatic carbocycles. The summed E-state index contributed by atoms with van der Waals surface area (Å²) >= 11 is 0. The van der Waals surface area contributed by atoms with Crippen LogP contribution in [0.1, 0.15) is 71.1 Å². The second kappa shape index (κ2) is 8.82. The van der Waals surface area contributed by atoms with Crippen molar-refractivity contribution in [1.29, 1.82) is 0 Å². The maximum absolute atomic E-state index is 13.1. The van der Waals surface area contributed by atoms with Gasteiger partial charge in [0, 0.05) is 5.70 Å².